The number of nitrogens with zero attached hydrogens (tertiary/aromatic N) is 3. The largest absolute Gasteiger partial charge is 0.505 e. The summed E-state index contributed by atoms with van der Waals surface area (Å²) < 4.78 is 40.5. The molecule has 0 radical (unpaired) electrons. The molecule has 3 rings (SSSR count). The number of hydrogen-bond donors (Lipinski definition) is 3. The maximum Gasteiger partial charge on any atom is 0.416 e. The van der Waals surface area contributed by atoms with Crippen LogP contribution >= 0.6 is 0 Å². The first-order chi connectivity index (χ1) is 13.7. The molecular weight excluding hydrogens is 393 g/mol. The number of aryl methyl sites for hydroxylation is 2. The van der Waals surface area contributed by atoms with E-state index >= 15 is 0 Å². The predicted octanol–water partition coefficient (Wildman–Crippen LogP) is 2.05. The van der Waals surface area contributed by atoms with E-state index in [0.717, 1.165) is 16.9 Å². The van der Waals surface area contributed by atoms with Crippen LogP contribution in [0.2, 0.25) is 0 Å². The van der Waals surface area contributed by atoms with Crippen molar-refractivity contribution >= 4 is 17.5 Å². The van der Waals surface area contributed by atoms with Crippen molar-refractivity contribution in [1.82, 2.24) is 19.9 Å². The van der Waals surface area contributed by atoms with Crippen molar-refractivity contribution < 1.29 is 33.0 Å². The Labute approximate surface area is 161 Å². The van der Waals surface area contributed by atoms with Gasteiger partial charge in [-0.15, -0.1) is 0 Å². The number of carboxylic acids is 1. The van der Waals surface area contributed by atoms with E-state index in [-0.39, 0.29) is 29.7 Å². The van der Waals surface area contributed by atoms with Crippen molar-refractivity contribution in [3.05, 3.63) is 59.0 Å². The first-order valence-corrected chi connectivity index (χ1v) is 8.38. The van der Waals surface area contributed by atoms with Gasteiger partial charge < -0.3 is 15.5 Å². The molecule has 0 unspecified atom stereocenters. The molecule has 0 aliphatic carbocycles. The smallest absolute Gasteiger partial charge is 0.416 e. The number of aromatic hydroxyl groups is 1. The quantitative estimate of drug-likeness (QED) is 0.575. The van der Waals surface area contributed by atoms with E-state index in [1.165, 1.54) is 24.3 Å². The molecule has 11 heteroatoms. The Morgan fingerprint density at radius 2 is 1.83 bits per heavy atom. The fraction of sp³-hybridized carbons (Fsp3) is 0.222. The molecule has 29 heavy (non-hydrogen) atoms. The van der Waals surface area contributed by atoms with E-state index in [2.05, 4.69) is 15.4 Å². The standard InChI is InChI=1S/C18H15F3N4O4/c19-18(20,21)12-4-2-1-3-10(12)5-6-11-7-13(26)15(17(29)22-8-14(27)28)25-16(11)23-9-24-25/h1-4,7,9,26H,5-6,8H2,(H,22,29)(H,27,28). The average Bonchev–Trinajstić information content (AvgIpc) is 3.13. The number of benzene rings is 1. The minimum absolute atomic E-state index is 0.0161. The van der Waals surface area contributed by atoms with Gasteiger partial charge in [0, 0.05) is 5.56 Å². The van der Waals surface area contributed by atoms with Crippen LogP contribution in [0.5, 0.6) is 5.75 Å². The van der Waals surface area contributed by atoms with E-state index in [1.807, 2.05) is 0 Å². The molecule has 8 nitrogen and oxygen atoms in total. The number of hydrogen-bond acceptors (Lipinski definition) is 5. The van der Waals surface area contributed by atoms with Crippen LogP contribution in [-0.2, 0) is 23.8 Å². The number of rotatable bonds is 6. The Morgan fingerprint density at radius 3 is 2.52 bits per heavy atom. The van der Waals surface area contributed by atoms with Crippen molar-refractivity contribution in [2.45, 2.75) is 19.0 Å². The highest BCUT2D eigenvalue weighted by atomic mass is 19.4. The number of carbonyl (C=O) groups is 2. The SMILES string of the molecule is O=C(O)CNC(=O)c1c(O)cc(CCc2ccccc2C(F)(F)F)c2ncnn12. The van der Waals surface area contributed by atoms with Crippen LogP contribution in [0.3, 0.4) is 0 Å². The number of aliphatic carboxylic acids is 1. The number of carbonyl (C=O) groups excluding carboxylic acids is 1. The molecule has 0 saturated heterocycles. The molecule has 2 aromatic heterocycles. The van der Waals surface area contributed by atoms with Gasteiger partial charge in [0.25, 0.3) is 5.91 Å². The molecule has 3 aromatic rings. The Morgan fingerprint density at radius 1 is 1.14 bits per heavy atom. The molecule has 0 spiro atoms. The summed E-state index contributed by atoms with van der Waals surface area (Å²) in [5.74, 6) is -2.65. The van der Waals surface area contributed by atoms with Crippen LogP contribution < -0.4 is 5.32 Å². The Kier molecular flexibility index (Phi) is 5.39. The van der Waals surface area contributed by atoms with Gasteiger partial charge in [-0.1, -0.05) is 18.2 Å². The topological polar surface area (TPSA) is 117 Å². The summed E-state index contributed by atoms with van der Waals surface area (Å²) in [5.41, 5.74) is -0.426. The number of pyridine rings is 1. The summed E-state index contributed by atoms with van der Waals surface area (Å²) in [6.45, 7) is -0.662. The second kappa shape index (κ2) is 7.78. The average molecular weight is 408 g/mol. The third kappa shape index (κ3) is 4.28. The lowest BCUT2D eigenvalue weighted by molar-refractivity contribution is -0.138. The molecule has 1 aromatic carbocycles. The Balaban J connectivity index is 1.91. The van der Waals surface area contributed by atoms with Gasteiger partial charge >= 0.3 is 12.1 Å². The van der Waals surface area contributed by atoms with E-state index in [9.17, 15) is 27.9 Å². The van der Waals surface area contributed by atoms with Crippen LogP contribution in [-0.4, -0.2) is 43.2 Å². The number of amides is 1. The van der Waals surface area contributed by atoms with E-state index in [0.29, 0.717) is 5.56 Å². The monoisotopic (exact) mass is 408 g/mol. The van der Waals surface area contributed by atoms with E-state index in [4.69, 9.17) is 5.11 Å². The van der Waals surface area contributed by atoms with Gasteiger partial charge in [0.15, 0.2) is 11.3 Å². The van der Waals surface area contributed by atoms with Crippen LogP contribution in [0.1, 0.15) is 27.2 Å². The third-order valence-corrected chi connectivity index (χ3v) is 4.20. The van der Waals surface area contributed by atoms with Crippen LogP contribution in [0.15, 0.2) is 36.7 Å². The molecule has 152 valence electrons. The van der Waals surface area contributed by atoms with E-state index < -0.39 is 35.9 Å². The molecule has 3 N–H and O–H groups in total. The summed E-state index contributed by atoms with van der Waals surface area (Å²) in [6, 6.07) is 6.40. The highest BCUT2D eigenvalue weighted by Gasteiger charge is 2.32. The molecule has 0 fully saturated rings. The maximum absolute atomic E-state index is 13.2. The van der Waals surface area contributed by atoms with Crippen molar-refractivity contribution in [3.8, 4) is 5.75 Å². The zero-order valence-corrected chi connectivity index (χ0v) is 14.8. The molecule has 0 atom stereocenters. The first-order valence-electron chi connectivity index (χ1n) is 8.38. The fourth-order valence-corrected chi connectivity index (χ4v) is 2.95. The fourth-order valence-electron chi connectivity index (χ4n) is 2.95. The summed E-state index contributed by atoms with van der Waals surface area (Å²) in [4.78, 5) is 26.8. The number of carboxylic acid groups (broad SMARTS) is 1. The van der Waals surface area contributed by atoms with Crippen molar-refractivity contribution in [3.63, 3.8) is 0 Å². The highest BCUT2D eigenvalue weighted by Crippen LogP contribution is 2.32. The molecule has 0 bridgehead atoms. The molecule has 0 aliphatic rings. The second-order valence-electron chi connectivity index (χ2n) is 6.13. The number of fused-ring (bicyclic) bond motifs is 1. The Hall–Kier alpha value is -3.63. The number of aromatic nitrogens is 3. The van der Waals surface area contributed by atoms with Gasteiger partial charge in [-0.25, -0.2) is 9.50 Å². The molecule has 1 amide bonds. The second-order valence-corrected chi connectivity index (χ2v) is 6.13. The molecular formula is C18H15F3N4O4. The minimum Gasteiger partial charge on any atom is -0.505 e. The lowest BCUT2D eigenvalue weighted by atomic mass is 9.99. The number of halogens is 3. The van der Waals surface area contributed by atoms with Gasteiger partial charge in [0.05, 0.1) is 5.56 Å². The lowest BCUT2D eigenvalue weighted by Gasteiger charge is -2.13. The predicted molar refractivity (Wildman–Crippen MR) is 93.5 cm³/mol. The maximum atomic E-state index is 13.2. The summed E-state index contributed by atoms with van der Waals surface area (Å²) >= 11 is 0. The number of nitrogens with one attached hydrogen (secondary N) is 1. The Bertz CT molecular complexity index is 1080. The summed E-state index contributed by atoms with van der Waals surface area (Å²) in [7, 11) is 0. The molecule has 2 heterocycles. The third-order valence-electron chi connectivity index (χ3n) is 4.20. The van der Waals surface area contributed by atoms with Gasteiger partial charge in [-0.05, 0) is 30.5 Å². The highest BCUT2D eigenvalue weighted by molar-refractivity contribution is 5.97. The van der Waals surface area contributed by atoms with Crippen molar-refractivity contribution in [2.75, 3.05) is 6.54 Å². The minimum atomic E-state index is -4.49. The summed E-state index contributed by atoms with van der Waals surface area (Å²) in [5, 5.41) is 24.9. The van der Waals surface area contributed by atoms with Crippen LogP contribution in [0.4, 0.5) is 13.2 Å². The van der Waals surface area contributed by atoms with E-state index in [1.54, 1.807) is 0 Å². The van der Waals surface area contributed by atoms with Crippen LogP contribution in [0, 0.1) is 0 Å². The zero-order chi connectivity index (χ0) is 21.2. The van der Waals surface area contributed by atoms with Gasteiger partial charge in [-0.2, -0.15) is 18.3 Å². The normalized spacial score (nSPS) is 11.6. The lowest BCUT2D eigenvalue weighted by Crippen LogP contribution is -2.31. The molecule has 0 aliphatic heterocycles. The summed E-state index contributed by atoms with van der Waals surface area (Å²) in [6.07, 6.45) is -3.26. The van der Waals surface area contributed by atoms with Gasteiger partial charge in [0.1, 0.15) is 18.6 Å². The van der Waals surface area contributed by atoms with Gasteiger partial charge in [0.2, 0.25) is 0 Å². The van der Waals surface area contributed by atoms with Gasteiger partial charge in [-0.3, -0.25) is 9.59 Å². The number of alkyl halides is 3. The first kappa shape index (κ1) is 20.1. The van der Waals surface area contributed by atoms with Crippen molar-refractivity contribution in [2.24, 2.45) is 0 Å². The van der Waals surface area contributed by atoms with Crippen LogP contribution in [0.25, 0.3) is 5.65 Å². The van der Waals surface area contributed by atoms with Crippen molar-refractivity contribution in [1.29, 1.82) is 0 Å². The zero-order valence-electron chi connectivity index (χ0n) is 14.8. The molecule has 0 saturated carbocycles.